The van der Waals surface area contributed by atoms with E-state index < -0.39 is 0 Å². The number of aryl methyl sites for hydroxylation is 1. The molecule has 3 rings (SSSR count). The summed E-state index contributed by atoms with van der Waals surface area (Å²) in [5, 5.41) is 9.25. The fourth-order valence-corrected chi connectivity index (χ4v) is 4.69. The van der Waals surface area contributed by atoms with Gasteiger partial charge < -0.3 is 10.6 Å². The first-order valence-corrected chi connectivity index (χ1v) is 10.5. The number of rotatable bonds is 6. The standard InChI is InChI=1S/C18H26N4OS2/c1-12(2)22-9-7-14(10-22)21-18(23)19-8-6-15-4-5-17(25-15)16-11-24-13(3)20-16/h4-5,11-12,14H,6-10H2,1-3H3,(H2,19,21,23). The highest BCUT2D eigenvalue weighted by Gasteiger charge is 2.25. The van der Waals surface area contributed by atoms with E-state index in [1.54, 1.807) is 22.7 Å². The summed E-state index contributed by atoms with van der Waals surface area (Å²) in [5.74, 6) is 0. The highest BCUT2D eigenvalue weighted by molar-refractivity contribution is 7.16. The fraction of sp³-hybridized carbons (Fsp3) is 0.556. The Bertz CT molecular complexity index is 710. The second kappa shape index (κ2) is 8.29. The number of hydrogen-bond acceptors (Lipinski definition) is 5. The topological polar surface area (TPSA) is 57.3 Å². The van der Waals surface area contributed by atoms with E-state index >= 15 is 0 Å². The molecular weight excluding hydrogens is 352 g/mol. The number of aromatic nitrogens is 1. The number of carbonyl (C=O) groups excluding carboxylic acids is 1. The van der Waals surface area contributed by atoms with Crippen LogP contribution in [0.15, 0.2) is 17.5 Å². The van der Waals surface area contributed by atoms with Crippen molar-refractivity contribution in [2.45, 2.75) is 45.7 Å². The third kappa shape index (κ3) is 5.03. The number of carbonyl (C=O) groups is 1. The maximum absolute atomic E-state index is 12.0. The molecule has 2 N–H and O–H groups in total. The van der Waals surface area contributed by atoms with Crippen LogP contribution in [0.1, 0.15) is 30.2 Å². The lowest BCUT2D eigenvalue weighted by molar-refractivity contribution is 0.234. The molecule has 2 aromatic rings. The van der Waals surface area contributed by atoms with Crippen molar-refractivity contribution in [3.05, 3.63) is 27.4 Å². The smallest absolute Gasteiger partial charge is 0.315 e. The predicted octanol–water partition coefficient (Wildman–Crippen LogP) is 3.50. The molecule has 1 saturated heterocycles. The van der Waals surface area contributed by atoms with Gasteiger partial charge in [-0.2, -0.15) is 0 Å². The lowest BCUT2D eigenvalue weighted by Crippen LogP contribution is -2.44. The molecule has 136 valence electrons. The van der Waals surface area contributed by atoms with Crippen molar-refractivity contribution in [3.8, 4) is 10.6 Å². The van der Waals surface area contributed by atoms with Crippen LogP contribution < -0.4 is 10.6 Å². The van der Waals surface area contributed by atoms with Crippen molar-refractivity contribution in [1.29, 1.82) is 0 Å². The fourth-order valence-electron chi connectivity index (χ4n) is 3.04. The van der Waals surface area contributed by atoms with Gasteiger partial charge in [-0.25, -0.2) is 9.78 Å². The summed E-state index contributed by atoms with van der Waals surface area (Å²) in [6.45, 7) is 9.09. The van der Waals surface area contributed by atoms with E-state index in [0.29, 0.717) is 12.6 Å². The normalized spacial score (nSPS) is 18.0. The average Bonchev–Trinajstić information content (AvgIpc) is 3.27. The molecule has 1 aliphatic rings. The van der Waals surface area contributed by atoms with Crippen molar-refractivity contribution in [3.63, 3.8) is 0 Å². The molecule has 0 aliphatic carbocycles. The molecule has 1 fully saturated rings. The number of amides is 2. The lowest BCUT2D eigenvalue weighted by atomic mass is 10.3. The first-order valence-electron chi connectivity index (χ1n) is 8.81. The van der Waals surface area contributed by atoms with Crippen LogP contribution in [-0.2, 0) is 6.42 Å². The number of urea groups is 1. The second-order valence-electron chi connectivity index (χ2n) is 6.74. The summed E-state index contributed by atoms with van der Waals surface area (Å²) in [4.78, 5) is 21.4. The van der Waals surface area contributed by atoms with Crippen LogP contribution in [0, 0.1) is 6.92 Å². The summed E-state index contributed by atoms with van der Waals surface area (Å²) < 4.78 is 0. The molecule has 25 heavy (non-hydrogen) atoms. The van der Waals surface area contributed by atoms with Gasteiger partial charge >= 0.3 is 6.03 Å². The molecule has 0 aromatic carbocycles. The van der Waals surface area contributed by atoms with Gasteiger partial charge in [0.15, 0.2) is 0 Å². The molecular formula is C18H26N4OS2. The second-order valence-corrected chi connectivity index (χ2v) is 8.97. The van der Waals surface area contributed by atoms with Gasteiger partial charge in [-0.3, -0.25) is 4.90 Å². The molecule has 1 unspecified atom stereocenters. The molecule has 3 heterocycles. The third-order valence-electron chi connectivity index (χ3n) is 4.48. The number of hydrogen-bond donors (Lipinski definition) is 2. The maximum Gasteiger partial charge on any atom is 0.315 e. The Hall–Kier alpha value is -1.44. The molecule has 0 radical (unpaired) electrons. The monoisotopic (exact) mass is 378 g/mol. The minimum Gasteiger partial charge on any atom is -0.338 e. The SMILES string of the molecule is Cc1nc(-c2ccc(CCNC(=O)NC3CCN(C(C)C)C3)s2)cs1. The summed E-state index contributed by atoms with van der Waals surface area (Å²) in [7, 11) is 0. The van der Waals surface area contributed by atoms with Crippen molar-refractivity contribution >= 4 is 28.7 Å². The zero-order chi connectivity index (χ0) is 17.8. The Morgan fingerprint density at radius 2 is 2.28 bits per heavy atom. The number of nitrogens with zero attached hydrogens (tertiary/aromatic N) is 2. The third-order valence-corrected chi connectivity index (χ3v) is 6.42. The quantitative estimate of drug-likeness (QED) is 0.809. The Labute approximate surface area is 157 Å². The van der Waals surface area contributed by atoms with Crippen LogP contribution in [0.4, 0.5) is 4.79 Å². The number of thiophene rings is 1. The van der Waals surface area contributed by atoms with Crippen LogP contribution in [0.25, 0.3) is 10.6 Å². The molecule has 2 aromatic heterocycles. The Morgan fingerprint density at radius 3 is 2.96 bits per heavy atom. The zero-order valence-electron chi connectivity index (χ0n) is 15.0. The zero-order valence-corrected chi connectivity index (χ0v) is 16.7. The van der Waals surface area contributed by atoms with E-state index in [4.69, 9.17) is 0 Å². The molecule has 1 aliphatic heterocycles. The van der Waals surface area contributed by atoms with Gasteiger partial charge in [0.2, 0.25) is 0 Å². The van der Waals surface area contributed by atoms with E-state index in [1.807, 2.05) is 6.92 Å². The van der Waals surface area contributed by atoms with Gasteiger partial charge in [-0.05, 0) is 45.7 Å². The largest absolute Gasteiger partial charge is 0.338 e. The van der Waals surface area contributed by atoms with E-state index in [2.05, 4.69) is 51.9 Å². The van der Waals surface area contributed by atoms with Gasteiger partial charge in [0, 0.05) is 42.0 Å². The predicted molar refractivity (Wildman–Crippen MR) is 106 cm³/mol. The molecule has 0 saturated carbocycles. The van der Waals surface area contributed by atoms with Gasteiger partial charge in [0.25, 0.3) is 0 Å². The van der Waals surface area contributed by atoms with Crippen molar-refractivity contribution in [1.82, 2.24) is 20.5 Å². The minimum atomic E-state index is -0.0532. The molecule has 5 nitrogen and oxygen atoms in total. The molecule has 0 spiro atoms. The molecule has 7 heteroatoms. The average molecular weight is 379 g/mol. The molecule has 2 amide bonds. The highest BCUT2D eigenvalue weighted by atomic mass is 32.1. The highest BCUT2D eigenvalue weighted by Crippen LogP contribution is 2.29. The van der Waals surface area contributed by atoms with Crippen LogP contribution in [0.5, 0.6) is 0 Å². The molecule has 0 bridgehead atoms. The van der Waals surface area contributed by atoms with Crippen LogP contribution in [-0.4, -0.2) is 47.6 Å². The van der Waals surface area contributed by atoms with Gasteiger partial charge in [0.1, 0.15) is 0 Å². The summed E-state index contributed by atoms with van der Waals surface area (Å²) in [5.41, 5.74) is 1.06. The van der Waals surface area contributed by atoms with Crippen molar-refractivity contribution < 1.29 is 4.79 Å². The Balaban J connectivity index is 1.40. The summed E-state index contributed by atoms with van der Waals surface area (Å²) in [6, 6.07) is 5.01. The van der Waals surface area contributed by atoms with Crippen molar-refractivity contribution in [2.24, 2.45) is 0 Å². The van der Waals surface area contributed by atoms with Gasteiger partial charge in [-0.15, -0.1) is 22.7 Å². The number of nitrogens with one attached hydrogen (secondary N) is 2. The summed E-state index contributed by atoms with van der Waals surface area (Å²) >= 11 is 3.43. The first-order chi connectivity index (χ1) is 12.0. The van der Waals surface area contributed by atoms with Crippen LogP contribution in [0.2, 0.25) is 0 Å². The maximum atomic E-state index is 12.0. The van der Waals surface area contributed by atoms with E-state index in [1.165, 1.54) is 9.75 Å². The lowest BCUT2D eigenvalue weighted by Gasteiger charge is -2.20. The Morgan fingerprint density at radius 1 is 1.44 bits per heavy atom. The van der Waals surface area contributed by atoms with E-state index in [0.717, 1.165) is 36.6 Å². The van der Waals surface area contributed by atoms with Crippen LogP contribution >= 0.6 is 22.7 Å². The first kappa shape index (κ1) is 18.4. The number of likely N-dealkylation sites (tertiary alicyclic amines) is 1. The minimum absolute atomic E-state index is 0.0532. The van der Waals surface area contributed by atoms with E-state index in [-0.39, 0.29) is 12.1 Å². The number of thiazole rings is 1. The van der Waals surface area contributed by atoms with E-state index in [9.17, 15) is 4.79 Å². The van der Waals surface area contributed by atoms with Crippen molar-refractivity contribution in [2.75, 3.05) is 19.6 Å². The summed E-state index contributed by atoms with van der Waals surface area (Å²) in [6.07, 6.45) is 1.89. The van der Waals surface area contributed by atoms with Gasteiger partial charge in [-0.1, -0.05) is 0 Å². The Kier molecular flexibility index (Phi) is 6.09. The molecule has 1 atom stereocenters. The van der Waals surface area contributed by atoms with Crippen LogP contribution in [0.3, 0.4) is 0 Å². The van der Waals surface area contributed by atoms with Gasteiger partial charge in [0.05, 0.1) is 15.6 Å².